The Hall–Kier alpha value is 0.580. The van der Waals surface area contributed by atoms with Crippen molar-refractivity contribution < 1.29 is 4.74 Å². The zero-order valence-corrected chi connectivity index (χ0v) is 13.4. The zero-order chi connectivity index (χ0) is 11.8. The first kappa shape index (κ1) is 14.6. The van der Waals surface area contributed by atoms with Gasteiger partial charge in [-0.05, 0) is 57.3 Å². The lowest BCUT2D eigenvalue weighted by Crippen LogP contribution is -2.15. The molecule has 1 aromatic heterocycles. The van der Waals surface area contributed by atoms with Crippen molar-refractivity contribution in [2.24, 2.45) is 0 Å². The minimum absolute atomic E-state index is 0.860. The van der Waals surface area contributed by atoms with Gasteiger partial charge in [0.15, 0.2) is 0 Å². The van der Waals surface area contributed by atoms with Gasteiger partial charge in [-0.1, -0.05) is 6.92 Å². The first-order chi connectivity index (χ1) is 7.74. The standard InChI is InChI=1S/C11H17Br2NOS/c1-2-5-15-6-3-4-14-8-9-7-10(12)11(13)16-9/h7,14H,2-6,8H2,1H3. The molecule has 5 heteroatoms. The first-order valence-electron chi connectivity index (χ1n) is 5.46. The highest BCUT2D eigenvalue weighted by atomic mass is 79.9. The van der Waals surface area contributed by atoms with E-state index in [2.05, 4.69) is 50.2 Å². The van der Waals surface area contributed by atoms with Crippen molar-refractivity contribution in [1.82, 2.24) is 5.32 Å². The van der Waals surface area contributed by atoms with Crippen LogP contribution in [-0.4, -0.2) is 19.8 Å². The Kier molecular flexibility index (Phi) is 7.90. The van der Waals surface area contributed by atoms with E-state index in [1.165, 1.54) is 4.88 Å². The first-order valence-corrected chi connectivity index (χ1v) is 7.86. The second kappa shape index (κ2) is 8.64. The smallest absolute Gasteiger partial charge is 0.0843 e. The number of halogens is 2. The number of ether oxygens (including phenoxy) is 1. The number of hydrogen-bond acceptors (Lipinski definition) is 3. The lowest BCUT2D eigenvalue weighted by Gasteiger charge is -2.03. The fourth-order valence-electron chi connectivity index (χ4n) is 1.24. The molecule has 92 valence electrons. The second-order valence-electron chi connectivity index (χ2n) is 3.48. The SMILES string of the molecule is CCCOCCCNCc1cc(Br)c(Br)s1. The van der Waals surface area contributed by atoms with Gasteiger partial charge < -0.3 is 10.1 Å². The Labute approximate surface area is 118 Å². The molecule has 0 bridgehead atoms. The summed E-state index contributed by atoms with van der Waals surface area (Å²) in [5.41, 5.74) is 0. The number of hydrogen-bond donors (Lipinski definition) is 1. The summed E-state index contributed by atoms with van der Waals surface area (Å²) in [5.74, 6) is 0. The molecule has 2 nitrogen and oxygen atoms in total. The molecule has 16 heavy (non-hydrogen) atoms. The summed E-state index contributed by atoms with van der Waals surface area (Å²) in [5, 5.41) is 3.41. The van der Waals surface area contributed by atoms with Crippen LogP contribution in [0.5, 0.6) is 0 Å². The minimum atomic E-state index is 0.860. The topological polar surface area (TPSA) is 21.3 Å². The molecular formula is C11H17Br2NOS. The van der Waals surface area contributed by atoms with E-state index in [9.17, 15) is 0 Å². The van der Waals surface area contributed by atoms with E-state index in [-0.39, 0.29) is 0 Å². The summed E-state index contributed by atoms with van der Waals surface area (Å²) in [7, 11) is 0. The molecule has 1 heterocycles. The third kappa shape index (κ3) is 5.77. The van der Waals surface area contributed by atoms with Crippen LogP contribution in [0.1, 0.15) is 24.6 Å². The van der Waals surface area contributed by atoms with Gasteiger partial charge >= 0.3 is 0 Å². The molecule has 0 saturated heterocycles. The maximum absolute atomic E-state index is 5.41. The lowest BCUT2D eigenvalue weighted by molar-refractivity contribution is 0.132. The average molecular weight is 371 g/mol. The van der Waals surface area contributed by atoms with Gasteiger partial charge in [0.2, 0.25) is 0 Å². The Morgan fingerprint density at radius 1 is 1.38 bits per heavy atom. The third-order valence-electron chi connectivity index (χ3n) is 1.99. The van der Waals surface area contributed by atoms with Crippen molar-refractivity contribution in [3.8, 4) is 0 Å². The molecule has 0 spiro atoms. The fraction of sp³-hybridized carbons (Fsp3) is 0.636. The van der Waals surface area contributed by atoms with Crippen molar-refractivity contribution in [3.63, 3.8) is 0 Å². The summed E-state index contributed by atoms with van der Waals surface area (Å²) in [4.78, 5) is 1.34. The highest BCUT2D eigenvalue weighted by molar-refractivity contribution is 9.13. The monoisotopic (exact) mass is 369 g/mol. The van der Waals surface area contributed by atoms with E-state index in [4.69, 9.17) is 4.74 Å². The molecule has 1 rings (SSSR count). The van der Waals surface area contributed by atoms with Crippen molar-refractivity contribution in [2.45, 2.75) is 26.3 Å². The minimum Gasteiger partial charge on any atom is -0.381 e. The van der Waals surface area contributed by atoms with E-state index in [1.54, 1.807) is 11.3 Å². The molecule has 1 N–H and O–H groups in total. The molecule has 0 aliphatic rings. The van der Waals surface area contributed by atoms with E-state index in [0.29, 0.717) is 0 Å². The van der Waals surface area contributed by atoms with E-state index < -0.39 is 0 Å². The fourth-order valence-corrected chi connectivity index (χ4v) is 3.38. The van der Waals surface area contributed by atoms with Crippen LogP contribution in [0.3, 0.4) is 0 Å². The largest absolute Gasteiger partial charge is 0.381 e. The summed E-state index contributed by atoms with van der Waals surface area (Å²) < 4.78 is 7.71. The Bertz CT molecular complexity index is 285. The lowest BCUT2D eigenvalue weighted by atomic mass is 10.4. The Morgan fingerprint density at radius 3 is 2.81 bits per heavy atom. The van der Waals surface area contributed by atoms with Crippen LogP contribution in [0.4, 0.5) is 0 Å². The average Bonchev–Trinajstić information content (AvgIpc) is 2.57. The highest BCUT2D eigenvalue weighted by Crippen LogP contribution is 2.32. The van der Waals surface area contributed by atoms with Crippen LogP contribution in [0, 0.1) is 0 Å². The summed E-state index contributed by atoms with van der Waals surface area (Å²) >= 11 is 8.74. The van der Waals surface area contributed by atoms with Crippen molar-refractivity contribution in [3.05, 3.63) is 19.2 Å². The van der Waals surface area contributed by atoms with Gasteiger partial charge in [-0.25, -0.2) is 0 Å². The van der Waals surface area contributed by atoms with E-state index in [1.807, 2.05) is 0 Å². The molecule has 0 saturated carbocycles. The van der Waals surface area contributed by atoms with Gasteiger partial charge in [-0.2, -0.15) is 0 Å². The molecule has 0 radical (unpaired) electrons. The number of nitrogens with one attached hydrogen (secondary N) is 1. The normalized spacial score (nSPS) is 10.9. The highest BCUT2D eigenvalue weighted by Gasteiger charge is 2.02. The molecule has 0 aliphatic heterocycles. The second-order valence-corrected chi connectivity index (χ2v) is 6.79. The van der Waals surface area contributed by atoms with Crippen LogP contribution in [0.25, 0.3) is 0 Å². The Balaban J connectivity index is 2.03. The van der Waals surface area contributed by atoms with E-state index >= 15 is 0 Å². The molecule has 0 amide bonds. The maximum atomic E-state index is 5.41. The quantitative estimate of drug-likeness (QED) is 0.693. The van der Waals surface area contributed by atoms with Gasteiger partial charge in [0.25, 0.3) is 0 Å². The Morgan fingerprint density at radius 2 is 2.19 bits per heavy atom. The van der Waals surface area contributed by atoms with Crippen molar-refractivity contribution in [2.75, 3.05) is 19.8 Å². The summed E-state index contributed by atoms with van der Waals surface area (Å²) in [6, 6.07) is 2.15. The summed E-state index contributed by atoms with van der Waals surface area (Å²) in [6.07, 6.45) is 2.18. The maximum Gasteiger partial charge on any atom is 0.0843 e. The van der Waals surface area contributed by atoms with Crippen LogP contribution in [0.15, 0.2) is 14.3 Å². The predicted octanol–water partition coefficient (Wildman–Crippen LogP) is 4.18. The van der Waals surface area contributed by atoms with Gasteiger partial charge in [0, 0.05) is 29.1 Å². The zero-order valence-electron chi connectivity index (χ0n) is 9.39. The van der Waals surface area contributed by atoms with Gasteiger partial charge in [-0.15, -0.1) is 11.3 Å². The molecule has 0 aromatic carbocycles. The molecule has 0 unspecified atom stereocenters. The van der Waals surface area contributed by atoms with E-state index in [0.717, 1.165) is 47.4 Å². The van der Waals surface area contributed by atoms with Gasteiger partial charge in [-0.3, -0.25) is 0 Å². The van der Waals surface area contributed by atoms with Crippen LogP contribution >= 0.6 is 43.2 Å². The molecule has 1 aromatic rings. The predicted molar refractivity (Wildman–Crippen MR) is 77.2 cm³/mol. The summed E-state index contributed by atoms with van der Waals surface area (Å²) in [6.45, 7) is 5.81. The van der Waals surface area contributed by atoms with Crippen LogP contribution < -0.4 is 5.32 Å². The van der Waals surface area contributed by atoms with Gasteiger partial charge in [0.05, 0.1) is 3.79 Å². The molecule has 0 fully saturated rings. The van der Waals surface area contributed by atoms with Crippen molar-refractivity contribution >= 4 is 43.2 Å². The molecule has 0 aliphatic carbocycles. The number of thiophene rings is 1. The third-order valence-corrected chi connectivity index (χ3v) is 5.24. The van der Waals surface area contributed by atoms with Crippen LogP contribution in [0.2, 0.25) is 0 Å². The van der Waals surface area contributed by atoms with Gasteiger partial charge in [0.1, 0.15) is 0 Å². The number of rotatable bonds is 8. The van der Waals surface area contributed by atoms with Crippen molar-refractivity contribution in [1.29, 1.82) is 0 Å². The van der Waals surface area contributed by atoms with Crippen LogP contribution in [-0.2, 0) is 11.3 Å². The molecule has 0 atom stereocenters. The molecular weight excluding hydrogens is 354 g/mol.